The number of amides is 1. The van der Waals surface area contributed by atoms with Crippen molar-refractivity contribution in [3.63, 3.8) is 0 Å². The smallest absolute Gasteiger partial charge is 0.246 e. The highest BCUT2D eigenvalue weighted by Gasteiger charge is 2.18. The first-order valence-electron chi connectivity index (χ1n) is 10.1. The molecule has 0 saturated carbocycles. The van der Waals surface area contributed by atoms with Gasteiger partial charge < -0.3 is 14.4 Å². The summed E-state index contributed by atoms with van der Waals surface area (Å²) in [4.78, 5) is 15.6. The number of rotatable bonds is 7. The molecule has 156 valence electrons. The van der Waals surface area contributed by atoms with Gasteiger partial charge in [0, 0.05) is 18.7 Å². The minimum Gasteiger partial charge on any atom is -0.493 e. The lowest BCUT2D eigenvalue weighted by atomic mass is 10.1. The van der Waals surface area contributed by atoms with Crippen LogP contribution in [0.4, 0.5) is 0 Å². The van der Waals surface area contributed by atoms with Crippen LogP contribution in [0.3, 0.4) is 0 Å². The van der Waals surface area contributed by atoms with Gasteiger partial charge in [0.2, 0.25) is 11.7 Å². The number of ether oxygens (including phenoxy) is 2. The number of hydrogen-bond donors (Lipinski definition) is 0. The van der Waals surface area contributed by atoms with E-state index >= 15 is 0 Å². The molecule has 1 fully saturated rings. The number of carbonyl (C=O) groups is 1. The van der Waals surface area contributed by atoms with Crippen molar-refractivity contribution in [3.8, 4) is 22.9 Å². The van der Waals surface area contributed by atoms with Crippen molar-refractivity contribution >= 4 is 5.91 Å². The van der Waals surface area contributed by atoms with Crippen molar-refractivity contribution < 1.29 is 14.3 Å². The van der Waals surface area contributed by atoms with Crippen LogP contribution in [0.1, 0.15) is 24.8 Å². The lowest BCUT2D eigenvalue weighted by Crippen LogP contribution is -2.38. The first-order chi connectivity index (χ1) is 14.7. The number of aromatic nitrogens is 4. The van der Waals surface area contributed by atoms with Gasteiger partial charge in [-0.15, -0.1) is 10.2 Å². The standard InChI is InChI=1S/C22H25N5O3/c1-29-20-14-18(10-11-19(20)30-16-17-8-4-2-5-9-17)22-23-25-27(24-22)15-21(28)26-12-6-3-7-13-26/h2,4-5,8-11,14H,3,6-7,12-13,15-16H2,1H3. The Morgan fingerprint density at radius 3 is 2.60 bits per heavy atom. The van der Waals surface area contributed by atoms with Crippen LogP contribution in [0, 0.1) is 0 Å². The summed E-state index contributed by atoms with van der Waals surface area (Å²) in [5, 5.41) is 12.5. The molecule has 30 heavy (non-hydrogen) atoms. The summed E-state index contributed by atoms with van der Waals surface area (Å²) in [7, 11) is 1.59. The summed E-state index contributed by atoms with van der Waals surface area (Å²) < 4.78 is 11.4. The number of methoxy groups -OCH3 is 1. The molecule has 8 heteroatoms. The highest BCUT2D eigenvalue weighted by molar-refractivity contribution is 5.75. The average molecular weight is 407 g/mol. The van der Waals surface area contributed by atoms with E-state index in [1.54, 1.807) is 7.11 Å². The molecule has 8 nitrogen and oxygen atoms in total. The number of carbonyl (C=O) groups excluding carboxylic acids is 1. The fourth-order valence-corrected chi connectivity index (χ4v) is 3.45. The largest absolute Gasteiger partial charge is 0.493 e. The Morgan fingerprint density at radius 1 is 1.03 bits per heavy atom. The molecule has 1 aromatic heterocycles. The van der Waals surface area contributed by atoms with Crippen LogP contribution < -0.4 is 9.47 Å². The van der Waals surface area contributed by atoms with Crippen LogP contribution in [0.2, 0.25) is 0 Å². The number of hydrogen-bond acceptors (Lipinski definition) is 6. The molecule has 0 radical (unpaired) electrons. The first kappa shape index (κ1) is 19.9. The van der Waals surface area contributed by atoms with E-state index in [0.29, 0.717) is 23.9 Å². The SMILES string of the molecule is COc1cc(-c2nnn(CC(=O)N3CCCCC3)n2)ccc1OCc1ccccc1. The molecule has 1 aliphatic heterocycles. The molecule has 0 bridgehead atoms. The maximum atomic E-state index is 12.4. The lowest BCUT2D eigenvalue weighted by Gasteiger charge is -2.26. The van der Waals surface area contributed by atoms with Crippen LogP contribution in [0.15, 0.2) is 48.5 Å². The van der Waals surface area contributed by atoms with E-state index in [1.807, 2.05) is 53.4 Å². The van der Waals surface area contributed by atoms with Crippen LogP contribution in [-0.2, 0) is 17.9 Å². The monoisotopic (exact) mass is 407 g/mol. The van der Waals surface area contributed by atoms with E-state index in [1.165, 1.54) is 11.2 Å². The second-order valence-corrected chi connectivity index (χ2v) is 7.22. The Hall–Kier alpha value is -3.42. The van der Waals surface area contributed by atoms with Gasteiger partial charge in [0.05, 0.1) is 7.11 Å². The summed E-state index contributed by atoms with van der Waals surface area (Å²) in [6.45, 7) is 2.16. The highest BCUT2D eigenvalue weighted by Crippen LogP contribution is 2.31. The Morgan fingerprint density at radius 2 is 1.83 bits per heavy atom. The zero-order valence-corrected chi connectivity index (χ0v) is 17.0. The van der Waals surface area contributed by atoms with Crippen LogP contribution >= 0.6 is 0 Å². The third-order valence-electron chi connectivity index (χ3n) is 5.10. The van der Waals surface area contributed by atoms with Gasteiger partial charge in [0.25, 0.3) is 0 Å². The fourth-order valence-electron chi connectivity index (χ4n) is 3.45. The molecule has 3 aromatic rings. The van der Waals surface area contributed by atoms with E-state index in [-0.39, 0.29) is 12.5 Å². The van der Waals surface area contributed by atoms with Gasteiger partial charge in [0.1, 0.15) is 13.2 Å². The van der Waals surface area contributed by atoms with E-state index in [4.69, 9.17) is 9.47 Å². The van der Waals surface area contributed by atoms with Crippen molar-refractivity contribution in [2.75, 3.05) is 20.2 Å². The van der Waals surface area contributed by atoms with Gasteiger partial charge in [-0.1, -0.05) is 30.3 Å². The number of likely N-dealkylation sites (tertiary alicyclic amines) is 1. The minimum absolute atomic E-state index is 0.0286. The summed E-state index contributed by atoms with van der Waals surface area (Å²) in [6, 6.07) is 15.4. The average Bonchev–Trinajstić information content (AvgIpc) is 3.27. The molecule has 1 aliphatic rings. The third-order valence-corrected chi connectivity index (χ3v) is 5.10. The quantitative estimate of drug-likeness (QED) is 0.599. The highest BCUT2D eigenvalue weighted by atomic mass is 16.5. The maximum absolute atomic E-state index is 12.4. The second kappa shape index (κ2) is 9.39. The Balaban J connectivity index is 1.43. The van der Waals surface area contributed by atoms with E-state index in [0.717, 1.165) is 37.1 Å². The molecule has 1 saturated heterocycles. The second-order valence-electron chi connectivity index (χ2n) is 7.22. The lowest BCUT2D eigenvalue weighted by molar-refractivity contribution is -0.133. The Labute approximate surface area is 175 Å². The van der Waals surface area contributed by atoms with Crippen molar-refractivity contribution in [2.45, 2.75) is 32.4 Å². The van der Waals surface area contributed by atoms with Gasteiger partial charge in [-0.2, -0.15) is 4.80 Å². The van der Waals surface area contributed by atoms with Crippen molar-refractivity contribution in [3.05, 3.63) is 54.1 Å². The molecule has 0 atom stereocenters. The zero-order valence-electron chi connectivity index (χ0n) is 17.0. The topological polar surface area (TPSA) is 82.4 Å². The van der Waals surface area contributed by atoms with Gasteiger partial charge in [-0.05, 0) is 48.2 Å². The van der Waals surface area contributed by atoms with E-state index < -0.39 is 0 Å². The van der Waals surface area contributed by atoms with Gasteiger partial charge in [-0.25, -0.2) is 0 Å². The van der Waals surface area contributed by atoms with Crippen LogP contribution in [0.25, 0.3) is 11.4 Å². The normalized spacial score (nSPS) is 13.8. The fraction of sp³-hybridized carbons (Fsp3) is 0.364. The molecule has 0 unspecified atom stereocenters. The number of tetrazole rings is 1. The minimum atomic E-state index is 0.0286. The molecule has 0 N–H and O–H groups in total. The number of piperidine rings is 1. The van der Waals surface area contributed by atoms with Crippen molar-refractivity contribution in [2.24, 2.45) is 0 Å². The first-order valence-corrected chi connectivity index (χ1v) is 10.1. The number of nitrogens with zero attached hydrogens (tertiary/aromatic N) is 5. The molecular formula is C22H25N5O3. The van der Waals surface area contributed by atoms with E-state index in [9.17, 15) is 4.79 Å². The summed E-state index contributed by atoms with van der Waals surface area (Å²) in [6.07, 6.45) is 3.29. The molecule has 2 heterocycles. The van der Waals surface area contributed by atoms with Crippen molar-refractivity contribution in [1.29, 1.82) is 0 Å². The maximum Gasteiger partial charge on any atom is 0.246 e. The predicted molar refractivity (Wildman–Crippen MR) is 111 cm³/mol. The van der Waals surface area contributed by atoms with E-state index in [2.05, 4.69) is 15.4 Å². The molecule has 1 amide bonds. The number of benzene rings is 2. The van der Waals surface area contributed by atoms with Gasteiger partial charge in [-0.3, -0.25) is 4.79 Å². The van der Waals surface area contributed by atoms with Crippen LogP contribution in [0.5, 0.6) is 11.5 Å². The molecule has 0 aliphatic carbocycles. The van der Waals surface area contributed by atoms with Crippen LogP contribution in [-0.4, -0.2) is 51.2 Å². The van der Waals surface area contributed by atoms with Crippen molar-refractivity contribution in [1.82, 2.24) is 25.1 Å². The molecule has 2 aromatic carbocycles. The summed E-state index contributed by atoms with van der Waals surface area (Å²) >= 11 is 0. The predicted octanol–water partition coefficient (Wildman–Crippen LogP) is 2.94. The summed E-state index contributed by atoms with van der Waals surface area (Å²) in [5.41, 5.74) is 1.82. The zero-order chi connectivity index (χ0) is 20.8. The van der Waals surface area contributed by atoms with Gasteiger partial charge in [0.15, 0.2) is 11.5 Å². The third kappa shape index (κ3) is 4.76. The molecule has 0 spiro atoms. The summed E-state index contributed by atoms with van der Waals surface area (Å²) in [5.74, 6) is 1.69. The molecule has 4 rings (SSSR count). The Kier molecular flexibility index (Phi) is 6.22. The molecular weight excluding hydrogens is 382 g/mol. The van der Waals surface area contributed by atoms with Gasteiger partial charge >= 0.3 is 0 Å². The Bertz CT molecular complexity index is 983.